The Morgan fingerprint density at radius 1 is 1.47 bits per heavy atom. The van der Waals surface area contributed by atoms with Crippen molar-refractivity contribution in [3.63, 3.8) is 0 Å². The Bertz CT molecular complexity index is 356. The monoisotopic (exact) mass is 237 g/mol. The van der Waals surface area contributed by atoms with Crippen LogP contribution in [0.25, 0.3) is 0 Å². The van der Waals surface area contributed by atoms with E-state index in [0.717, 1.165) is 25.7 Å². The Morgan fingerprint density at radius 2 is 2.18 bits per heavy atom. The van der Waals surface area contributed by atoms with Gasteiger partial charge in [0, 0.05) is 18.4 Å². The minimum atomic E-state index is -0.281. The predicted molar refractivity (Wildman–Crippen MR) is 63.3 cm³/mol. The second-order valence-electron chi connectivity index (χ2n) is 4.68. The van der Waals surface area contributed by atoms with Crippen molar-refractivity contribution in [1.29, 1.82) is 0 Å². The molecule has 0 saturated heterocycles. The van der Waals surface area contributed by atoms with E-state index in [0.29, 0.717) is 0 Å². The lowest BCUT2D eigenvalue weighted by molar-refractivity contribution is -0.125. The maximum atomic E-state index is 12.0. The number of carbonyl (C=O) groups excluding carboxylic acids is 1. The van der Waals surface area contributed by atoms with Crippen LogP contribution in [0.5, 0.6) is 0 Å². The number of aliphatic hydroxyl groups excluding tert-OH is 1. The van der Waals surface area contributed by atoms with Crippen LogP contribution in [-0.2, 0) is 4.79 Å². The SMILES string of the molecule is CC(C(=O)NC1CCC(O)CC1)n1cccn1. The van der Waals surface area contributed by atoms with Gasteiger partial charge in [-0.1, -0.05) is 0 Å². The molecule has 17 heavy (non-hydrogen) atoms. The molecular weight excluding hydrogens is 218 g/mol. The Hall–Kier alpha value is -1.36. The number of nitrogens with zero attached hydrogens (tertiary/aromatic N) is 2. The summed E-state index contributed by atoms with van der Waals surface area (Å²) in [4.78, 5) is 12.0. The molecule has 0 bridgehead atoms. The molecule has 1 aromatic rings. The number of nitrogens with one attached hydrogen (secondary N) is 1. The van der Waals surface area contributed by atoms with Crippen LogP contribution in [0.3, 0.4) is 0 Å². The van der Waals surface area contributed by atoms with Crippen molar-refractivity contribution in [3.05, 3.63) is 18.5 Å². The average molecular weight is 237 g/mol. The van der Waals surface area contributed by atoms with Gasteiger partial charge in [-0.05, 0) is 38.7 Å². The first-order chi connectivity index (χ1) is 8.16. The average Bonchev–Trinajstić information content (AvgIpc) is 2.84. The molecule has 94 valence electrons. The van der Waals surface area contributed by atoms with Gasteiger partial charge >= 0.3 is 0 Å². The van der Waals surface area contributed by atoms with Gasteiger partial charge in [0.05, 0.1) is 6.10 Å². The smallest absolute Gasteiger partial charge is 0.244 e. The molecular formula is C12H19N3O2. The Labute approximate surface area is 101 Å². The van der Waals surface area contributed by atoms with Gasteiger partial charge in [-0.15, -0.1) is 0 Å². The lowest BCUT2D eigenvalue weighted by Gasteiger charge is -2.27. The second kappa shape index (κ2) is 5.31. The summed E-state index contributed by atoms with van der Waals surface area (Å²) in [5, 5.41) is 16.5. The summed E-state index contributed by atoms with van der Waals surface area (Å²) < 4.78 is 1.65. The van der Waals surface area contributed by atoms with E-state index in [2.05, 4.69) is 10.4 Å². The van der Waals surface area contributed by atoms with Crippen LogP contribution in [0.15, 0.2) is 18.5 Å². The van der Waals surface area contributed by atoms with Gasteiger partial charge < -0.3 is 10.4 Å². The van der Waals surface area contributed by atoms with Crippen LogP contribution < -0.4 is 5.32 Å². The van der Waals surface area contributed by atoms with Crippen LogP contribution in [0, 0.1) is 0 Å². The Morgan fingerprint density at radius 3 is 2.76 bits per heavy atom. The van der Waals surface area contributed by atoms with E-state index < -0.39 is 0 Å². The van der Waals surface area contributed by atoms with E-state index >= 15 is 0 Å². The highest BCUT2D eigenvalue weighted by Gasteiger charge is 2.23. The van der Waals surface area contributed by atoms with Gasteiger partial charge in [0.1, 0.15) is 6.04 Å². The largest absolute Gasteiger partial charge is 0.393 e. The van der Waals surface area contributed by atoms with E-state index in [9.17, 15) is 9.90 Å². The maximum Gasteiger partial charge on any atom is 0.244 e. The minimum Gasteiger partial charge on any atom is -0.393 e. The van der Waals surface area contributed by atoms with Crippen molar-refractivity contribution in [2.75, 3.05) is 0 Å². The van der Waals surface area contributed by atoms with Crippen LogP contribution in [0.1, 0.15) is 38.6 Å². The highest BCUT2D eigenvalue weighted by atomic mass is 16.3. The molecule has 1 saturated carbocycles. The third kappa shape index (κ3) is 3.06. The van der Waals surface area contributed by atoms with E-state index in [1.54, 1.807) is 23.1 Å². The molecule has 1 aromatic heterocycles. The molecule has 0 aromatic carbocycles. The quantitative estimate of drug-likeness (QED) is 0.819. The molecule has 1 atom stereocenters. The van der Waals surface area contributed by atoms with Crippen molar-refractivity contribution >= 4 is 5.91 Å². The normalized spacial score (nSPS) is 26.5. The summed E-state index contributed by atoms with van der Waals surface area (Å²) in [6, 6.07) is 1.72. The first-order valence-electron chi connectivity index (χ1n) is 6.14. The van der Waals surface area contributed by atoms with Crippen molar-refractivity contribution in [3.8, 4) is 0 Å². The van der Waals surface area contributed by atoms with E-state index in [1.165, 1.54) is 0 Å². The number of hydrogen-bond acceptors (Lipinski definition) is 3. The fourth-order valence-corrected chi connectivity index (χ4v) is 2.17. The highest BCUT2D eigenvalue weighted by molar-refractivity contribution is 5.80. The summed E-state index contributed by atoms with van der Waals surface area (Å²) in [6.07, 6.45) is 6.54. The van der Waals surface area contributed by atoms with Crippen LogP contribution in [-0.4, -0.2) is 32.9 Å². The first-order valence-corrected chi connectivity index (χ1v) is 6.14. The van der Waals surface area contributed by atoms with Gasteiger partial charge in [-0.25, -0.2) is 0 Å². The minimum absolute atomic E-state index is 0.00455. The van der Waals surface area contributed by atoms with Crippen molar-refractivity contribution in [2.24, 2.45) is 0 Å². The zero-order chi connectivity index (χ0) is 12.3. The summed E-state index contributed by atoms with van der Waals surface area (Å²) in [5.41, 5.74) is 0. The van der Waals surface area contributed by atoms with Gasteiger partial charge in [-0.2, -0.15) is 5.10 Å². The van der Waals surface area contributed by atoms with Gasteiger partial charge in [-0.3, -0.25) is 9.48 Å². The first kappa shape index (κ1) is 12.1. The third-order valence-corrected chi connectivity index (χ3v) is 3.34. The van der Waals surface area contributed by atoms with Crippen LogP contribution in [0.4, 0.5) is 0 Å². The molecule has 2 rings (SSSR count). The number of aromatic nitrogens is 2. The second-order valence-corrected chi connectivity index (χ2v) is 4.68. The van der Waals surface area contributed by atoms with E-state index in [4.69, 9.17) is 0 Å². The fraction of sp³-hybridized carbons (Fsp3) is 0.667. The molecule has 0 aliphatic heterocycles. The molecule has 1 fully saturated rings. The topological polar surface area (TPSA) is 67.2 Å². The number of amides is 1. The molecule has 1 unspecified atom stereocenters. The highest BCUT2D eigenvalue weighted by Crippen LogP contribution is 2.19. The van der Waals surface area contributed by atoms with E-state index in [1.807, 2.05) is 6.92 Å². The summed E-state index contributed by atoms with van der Waals surface area (Å²) in [6.45, 7) is 1.83. The lowest BCUT2D eigenvalue weighted by atomic mass is 9.93. The Balaban J connectivity index is 1.85. The molecule has 1 heterocycles. The predicted octanol–water partition coefficient (Wildman–Crippen LogP) is 0.864. The summed E-state index contributed by atoms with van der Waals surface area (Å²) >= 11 is 0. The molecule has 5 heteroatoms. The number of rotatable bonds is 3. The molecule has 1 aliphatic rings. The van der Waals surface area contributed by atoms with Gasteiger partial charge in [0.2, 0.25) is 5.91 Å². The zero-order valence-electron chi connectivity index (χ0n) is 10.0. The standard InChI is InChI=1S/C12H19N3O2/c1-9(15-8-2-7-13-15)12(17)14-10-3-5-11(16)6-4-10/h2,7-11,16H,3-6H2,1H3,(H,14,17). The van der Waals surface area contributed by atoms with E-state index in [-0.39, 0.29) is 24.1 Å². The lowest BCUT2D eigenvalue weighted by Crippen LogP contribution is -2.41. The molecule has 0 radical (unpaired) electrons. The third-order valence-electron chi connectivity index (χ3n) is 3.34. The molecule has 2 N–H and O–H groups in total. The van der Waals surface area contributed by atoms with Crippen LogP contribution in [0.2, 0.25) is 0 Å². The molecule has 5 nitrogen and oxygen atoms in total. The molecule has 0 spiro atoms. The van der Waals surface area contributed by atoms with Crippen molar-refractivity contribution < 1.29 is 9.90 Å². The van der Waals surface area contributed by atoms with Crippen LogP contribution >= 0.6 is 0 Å². The number of carbonyl (C=O) groups is 1. The molecule has 1 aliphatic carbocycles. The van der Waals surface area contributed by atoms with Crippen molar-refractivity contribution in [2.45, 2.75) is 50.8 Å². The van der Waals surface area contributed by atoms with Gasteiger partial charge in [0.25, 0.3) is 0 Å². The maximum absolute atomic E-state index is 12.0. The summed E-state index contributed by atoms with van der Waals surface area (Å²) in [7, 11) is 0. The van der Waals surface area contributed by atoms with Crippen molar-refractivity contribution in [1.82, 2.24) is 15.1 Å². The zero-order valence-corrected chi connectivity index (χ0v) is 10.0. The number of aliphatic hydroxyl groups is 1. The fourth-order valence-electron chi connectivity index (χ4n) is 2.17. The molecule has 1 amide bonds. The van der Waals surface area contributed by atoms with Gasteiger partial charge in [0.15, 0.2) is 0 Å². The Kier molecular flexibility index (Phi) is 3.78. The number of hydrogen-bond donors (Lipinski definition) is 2. The summed E-state index contributed by atoms with van der Waals surface area (Å²) in [5.74, 6) is -0.00455.